The first kappa shape index (κ1) is 9.80. The lowest BCUT2D eigenvalue weighted by atomic mass is 10.2. The molecule has 5 heteroatoms. The third-order valence-electron chi connectivity index (χ3n) is 1.76. The summed E-state index contributed by atoms with van der Waals surface area (Å²) in [7, 11) is 1.60. The second-order valence-electron chi connectivity index (χ2n) is 2.60. The van der Waals surface area contributed by atoms with Gasteiger partial charge in [-0.15, -0.1) is 0 Å². The van der Waals surface area contributed by atoms with Crippen molar-refractivity contribution in [2.45, 2.75) is 6.92 Å². The molecular formula is C8H9ClN2O2. The average Bonchev–Trinajstić information content (AvgIpc) is 2.09. The molecule has 0 bridgehead atoms. The van der Waals surface area contributed by atoms with E-state index in [9.17, 15) is 10.1 Å². The molecule has 0 saturated carbocycles. The Hall–Kier alpha value is -1.29. The average molecular weight is 201 g/mol. The van der Waals surface area contributed by atoms with Crippen LogP contribution in [0.15, 0.2) is 12.1 Å². The molecule has 0 fully saturated rings. The van der Waals surface area contributed by atoms with Crippen LogP contribution in [0.2, 0.25) is 5.02 Å². The van der Waals surface area contributed by atoms with Crippen molar-refractivity contribution >= 4 is 23.0 Å². The van der Waals surface area contributed by atoms with Crippen LogP contribution >= 0.6 is 11.6 Å². The second-order valence-corrected chi connectivity index (χ2v) is 2.98. The molecule has 0 heterocycles. The molecule has 0 aromatic heterocycles. The molecule has 0 spiro atoms. The quantitative estimate of drug-likeness (QED) is 0.590. The minimum absolute atomic E-state index is 0.00176. The number of halogens is 1. The third kappa shape index (κ3) is 1.72. The van der Waals surface area contributed by atoms with Gasteiger partial charge in [0.05, 0.1) is 9.95 Å². The Kier molecular flexibility index (Phi) is 2.72. The van der Waals surface area contributed by atoms with E-state index in [2.05, 4.69) is 5.32 Å². The summed E-state index contributed by atoms with van der Waals surface area (Å²) in [6, 6.07) is 3.06. The Bertz CT molecular complexity index is 352. The molecule has 0 amide bonds. The first-order chi connectivity index (χ1) is 6.07. The van der Waals surface area contributed by atoms with Gasteiger partial charge in [0.2, 0.25) is 0 Å². The predicted molar refractivity (Wildman–Crippen MR) is 52.4 cm³/mol. The maximum Gasteiger partial charge on any atom is 0.293 e. The van der Waals surface area contributed by atoms with Crippen molar-refractivity contribution in [3.63, 3.8) is 0 Å². The van der Waals surface area contributed by atoms with Crippen molar-refractivity contribution in [1.29, 1.82) is 0 Å². The highest BCUT2D eigenvalue weighted by Gasteiger charge is 2.16. The van der Waals surface area contributed by atoms with Crippen LogP contribution in [0.5, 0.6) is 0 Å². The fraction of sp³-hybridized carbons (Fsp3) is 0.250. The molecule has 0 unspecified atom stereocenters. The summed E-state index contributed by atoms with van der Waals surface area (Å²) in [6.07, 6.45) is 0. The largest absolute Gasteiger partial charge is 0.381 e. The maximum absolute atomic E-state index is 10.6. The molecular weight excluding hydrogens is 192 g/mol. The standard InChI is InChI=1S/C8H9ClN2O2/c1-5-3-4-6(11(12)13)8(10-2)7(5)9/h3-4,10H,1-2H3. The number of benzene rings is 1. The fourth-order valence-electron chi connectivity index (χ4n) is 1.06. The van der Waals surface area contributed by atoms with Gasteiger partial charge in [0.25, 0.3) is 5.69 Å². The number of hydrogen-bond acceptors (Lipinski definition) is 3. The van der Waals surface area contributed by atoms with Crippen molar-refractivity contribution in [2.75, 3.05) is 12.4 Å². The number of aryl methyl sites for hydroxylation is 1. The van der Waals surface area contributed by atoms with Gasteiger partial charge in [0.15, 0.2) is 0 Å². The normalized spacial score (nSPS) is 9.77. The van der Waals surface area contributed by atoms with Crippen LogP contribution in [0.4, 0.5) is 11.4 Å². The summed E-state index contributed by atoms with van der Waals surface area (Å²) < 4.78 is 0. The number of nitro groups is 1. The van der Waals surface area contributed by atoms with Crippen molar-refractivity contribution in [2.24, 2.45) is 0 Å². The highest BCUT2D eigenvalue weighted by molar-refractivity contribution is 6.34. The lowest BCUT2D eigenvalue weighted by molar-refractivity contribution is -0.383. The van der Waals surface area contributed by atoms with Gasteiger partial charge in [-0.1, -0.05) is 17.7 Å². The third-order valence-corrected chi connectivity index (χ3v) is 2.25. The van der Waals surface area contributed by atoms with E-state index < -0.39 is 4.92 Å². The molecule has 0 radical (unpaired) electrons. The van der Waals surface area contributed by atoms with Crippen molar-refractivity contribution in [1.82, 2.24) is 0 Å². The Morgan fingerprint density at radius 2 is 2.15 bits per heavy atom. The molecule has 0 aliphatic rings. The number of rotatable bonds is 2. The number of hydrogen-bond donors (Lipinski definition) is 1. The zero-order valence-electron chi connectivity index (χ0n) is 7.30. The lowest BCUT2D eigenvalue weighted by Crippen LogP contribution is -1.98. The zero-order valence-corrected chi connectivity index (χ0v) is 8.05. The van der Waals surface area contributed by atoms with Gasteiger partial charge in [0.1, 0.15) is 5.69 Å². The summed E-state index contributed by atoms with van der Waals surface area (Å²) in [5, 5.41) is 13.7. The summed E-state index contributed by atoms with van der Waals surface area (Å²) in [5.74, 6) is 0. The Morgan fingerprint density at radius 3 is 2.62 bits per heavy atom. The minimum Gasteiger partial charge on any atom is -0.381 e. The van der Waals surface area contributed by atoms with Gasteiger partial charge < -0.3 is 5.32 Å². The molecule has 1 rings (SSSR count). The van der Waals surface area contributed by atoms with Crippen LogP contribution in [-0.2, 0) is 0 Å². The van der Waals surface area contributed by atoms with E-state index >= 15 is 0 Å². The molecule has 0 aliphatic carbocycles. The monoisotopic (exact) mass is 200 g/mol. The molecule has 1 aromatic carbocycles. The topological polar surface area (TPSA) is 55.2 Å². The Balaban J connectivity index is 3.38. The molecule has 1 N–H and O–H groups in total. The van der Waals surface area contributed by atoms with Crippen molar-refractivity contribution < 1.29 is 4.92 Å². The van der Waals surface area contributed by atoms with E-state index in [1.165, 1.54) is 6.07 Å². The number of anilines is 1. The van der Waals surface area contributed by atoms with Crippen molar-refractivity contribution in [3.05, 3.63) is 32.8 Å². The fourth-order valence-corrected chi connectivity index (χ4v) is 1.31. The van der Waals surface area contributed by atoms with Gasteiger partial charge in [0, 0.05) is 13.1 Å². The van der Waals surface area contributed by atoms with Crippen LogP contribution in [0.3, 0.4) is 0 Å². The van der Waals surface area contributed by atoms with Crippen LogP contribution in [0.1, 0.15) is 5.56 Å². The maximum atomic E-state index is 10.6. The molecule has 1 aromatic rings. The van der Waals surface area contributed by atoms with Crippen LogP contribution in [-0.4, -0.2) is 12.0 Å². The number of nitro benzene ring substituents is 1. The smallest absolute Gasteiger partial charge is 0.293 e. The van der Waals surface area contributed by atoms with Crippen LogP contribution in [0.25, 0.3) is 0 Å². The first-order valence-electron chi connectivity index (χ1n) is 3.69. The molecule has 0 aliphatic heterocycles. The van der Waals surface area contributed by atoms with Gasteiger partial charge in [-0.25, -0.2) is 0 Å². The van der Waals surface area contributed by atoms with Gasteiger partial charge in [-0.2, -0.15) is 0 Å². The summed E-state index contributed by atoms with van der Waals surface area (Å²) in [4.78, 5) is 10.1. The first-order valence-corrected chi connectivity index (χ1v) is 4.07. The Morgan fingerprint density at radius 1 is 1.54 bits per heavy atom. The van der Waals surface area contributed by atoms with Gasteiger partial charge >= 0.3 is 0 Å². The predicted octanol–water partition coefficient (Wildman–Crippen LogP) is 2.60. The summed E-state index contributed by atoms with van der Waals surface area (Å²) in [6.45, 7) is 1.80. The summed E-state index contributed by atoms with van der Waals surface area (Å²) in [5.41, 5.74) is 1.18. The minimum atomic E-state index is -0.461. The lowest BCUT2D eigenvalue weighted by Gasteiger charge is -2.06. The molecule has 13 heavy (non-hydrogen) atoms. The van der Waals surface area contributed by atoms with Crippen molar-refractivity contribution in [3.8, 4) is 0 Å². The van der Waals surface area contributed by atoms with E-state index in [0.29, 0.717) is 10.7 Å². The Labute approximate surface area is 80.7 Å². The van der Waals surface area contributed by atoms with Crippen LogP contribution < -0.4 is 5.32 Å². The molecule has 0 saturated heterocycles. The SMILES string of the molecule is CNc1c([N+](=O)[O-])ccc(C)c1Cl. The van der Waals surface area contributed by atoms with Gasteiger partial charge in [-0.3, -0.25) is 10.1 Å². The van der Waals surface area contributed by atoms with E-state index in [-0.39, 0.29) is 5.69 Å². The molecule has 70 valence electrons. The van der Waals surface area contributed by atoms with E-state index in [1.807, 2.05) is 0 Å². The van der Waals surface area contributed by atoms with E-state index in [0.717, 1.165) is 5.56 Å². The van der Waals surface area contributed by atoms with Gasteiger partial charge in [-0.05, 0) is 12.5 Å². The van der Waals surface area contributed by atoms with E-state index in [1.54, 1.807) is 20.0 Å². The number of nitrogens with one attached hydrogen (secondary N) is 1. The van der Waals surface area contributed by atoms with Crippen LogP contribution in [0, 0.1) is 17.0 Å². The zero-order chi connectivity index (χ0) is 10.0. The second kappa shape index (κ2) is 3.62. The number of nitrogens with zero attached hydrogens (tertiary/aromatic N) is 1. The molecule has 0 atom stereocenters. The highest BCUT2D eigenvalue weighted by atomic mass is 35.5. The van der Waals surface area contributed by atoms with E-state index in [4.69, 9.17) is 11.6 Å². The molecule has 4 nitrogen and oxygen atoms in total. The summed E-state index contributed by atoms with van der Waals surface area (Å²) >= 11 is 5.88. The highest BCUT2D eigenvalue weighted by Crippen LogP contribution is 2.33.